The average Bonchev–Trinajstić information content (AvgIpc) is 2.61. The quantitative estimate of drug-likeness (QED) is 0.758. The molecule has 5 fully saturated rings. The van der Waals surface area contributed by atoms with Crippen molar-refractivity contribution in [2.24, 2.45) is 17.8 Å². The Kier molecular flexibility index (Phi) is 4.46. The van der Waals surface area contributed by atoms with Gasteiger partial charge in [0.15, 0.2) is 0 Å². The van der Waals surface area contributed by atoms with Gasteiger partial charge in [0.1, 0.15) is 0 Å². The van der Waals surface area contributed by atoms with Crippen molar-refractivity contribution >= 4 is 11.8 Å². The smallest absolute Gasteiger partial charge is 0.225 e. The number of rotatable bonds is 2. The van der Waals surface area contributed by atoms with Crippen LogP contribution in [0.3, 0.4) is 0 Å². The second kappa shape index (κ2) is 6.81. The van der Waals surface area contributed by atoms with E-state index in [-0.39, 0.29) is 0 Å². The SMILES string of the molecule is O=C(C1CCC1)N1CCC(N2CC3CC(C2)[C@H]2CCCC(=O)N2C3)CC1. The molecule has 4 heterocycles. The van der Waals surface area contributed by atoms with Gasteiger partial charge in [-0.2, -0.15) is 0 Å². The van der Waals surface area contributed by atoms with E-state index in [1.54, 1.807) is 0 Å². The molecular weight excluding hydrogens is 326 g/mol. The highest BCUT2D eigenvalue weighted by Crippen LogP contribution is 2.39. The Morgan fingerprint density at radius 1 is 0.923 bits per heavy atom. The number of hydrogen-bond donors (Lipinski definition) is 0. The second-order valence-electron chi connectivity index (χ2n) is 9.51. The number of fused-ring (bicyclic) bond motifs is 4. The number of nitrogens with zero attached hydrogens (tertiary/aromatic N) is 3. The van der Waals surface area contributed by atoms with Crippen molar-refractivity contribution in [2.75, 3.05) is 32.7 Å². The van der Waals surface area contributed by atoms with Crippen LogP contribution < -0.4 is 0 Å². The Bertz CT molecular complexity index is 568. The lowest BCUT2D eigenvalue weighted by atomic mass is 9.75. The molecule has 0 radical (unpaired) electrons. The van der Waals surface area contributed by atoms with Gasteiger partial charge in [-0.1, -0.05) is 6.42 Å². The Morgan fingerprint density at radius 3 is 2.46 bits per heavy atom. The summed E-state index contributed by atoms with van der Waals surface area (Å²) in [4.78, 5) is 31.9. The van der Waals surface area contributed by atoms with Crippen molar-refractivity contribution in [3.05, 3.63) is 0 Å². The lowest BCUT2D eigenvalue weighted by Gasteiger charge is -2.54. The molecule has 4 saturated heterocycles. The minimum atomic E-state index is 0.343. The van der Waals surface area contributed by atoms with Crippen molar-refractivity contribution in [1.82, 2.24) is 14.7 Å². The molecule has 3 atom stereocenters. The first-order chi connectivity index (χ1) is 12.7. The molecule has 5 heteroatoms. The topological polar surface area (TPSA) is 43.9 Å². The van der Waals surface area contributed by atoms with Gasteiger partial charge in [-0.25, -0.2) is 0 Å². The molecule has 5 rings (SSSR count). The summed E-state index contributed by atoms with van der Waals surface area (Å²) >= 11 is 0. The first-order valence-corrected chi connectivity index (χ1v) is 11.0. The fraction of sp³-hybridized carbons (Fsp3) is 0.905. The Balaban J connectivity index is 1.19. The molecule has 0 aromatic carbocycles. The van der Waals surface area contributed by atoms with Crippen molar-refractivity contribution in [1.29, 1.82) is 0 Å². The average molecular weight is 360 g/mol. The third-order valence-electron chi connectivity index (χ3n) is 7.96. The van der Waals surface area contributed by atoms with Crippen LogP contribution >= 0.6 is 0 Å². The molecule has 144 valence electrons. The molecule has 0 aromatic heterocycles. The van der Waals surface area contributed by atoms with E-state index < -0.39 is 0 Å². The van der Waals surface area contributed by atoms with E-state index >= 15 is 0 Å². The maximum absolute atomic E-state index is 12.5. The van der Waals surface area contributed by atoms with Crippen LogP contribution in [0.25, 0.3) is 0 Å². The fourth-order valence-electron chi connectivity index (χ4n) is 6.31. The zero-order chi connectivity index (χ0) is 17.7. The molecule has 0 N–H and O–H groups in total. The van der Waals surface area contributed by atoms with E-state index in [1.807, 2.05) is 0 Å². The molecule has 2 amide bonds. The van der Waals surface area contributed by atoms with Crippen LogP contribution in [-0.4, -0.2) is 71.3 Å². The zero-order valence-electron chi connectivity index (χ0n) is 15.9. The van der Waals surface area contributed by atoms with Gasteiger partial charge in [-0.05, 0) is 56.8 Å². The number of piperidine rings is 4. The van der Waals surface area contributed by atoms with E-state index in [0.29, 0.717) is 41.7 Å². The van der Waals surface area contributed by atoms with Gasteiger partial charge in [0, 0.05) is 57.1 Å². The standard InChI is InChI=1S/C21H33N3O2/c25-20-6-2-5-19-17-11-15(13-24(19)20)12-23(14-17)18-7-9-22(10-8-18)21(26)16-3-1-4-16/h15-19H,1-14H2/t15?,17?,19-/m1/s1. The third kappa shape index (κ3) is 2.96. The summed E-state index contributed by atoms with van der Waals surface area (Å²) in [6, 6.07) is 1.16. The summed E-state index contributed by atoms with van der Waals surface area (Å²) in [5.74, 6) is 2.53. The summed E-state index contributed by atoms with van der Waals surface area (Å²) < 4.78 is 0. The predicted molar refractivity (Wildman–Crippen MR) is 99.5 cm³/mol. The van der Waals surface area contributed by atoms with Crippen LogP contribution in [0.4, 0.5) is 0 Å². The molecular formula is C21H33N3O2. The Hall–Kier alpha value is -1.10. The molecule has 4 aliphatic heterocycles. The highest BCUT2D eigenvalue weighted by molar-refractivity contribution is 5.79. The van der Waals surface area contributed by atoms with E-state index in [4.69, 9.17) is 0 Å². The molecule has 0 aromatic rings. The fourth-order valence-corrected chi connectivity index (χ4v) is 6.31. The molecule has 5 aliphatic rings. The lowest BCUT2D eigenvalue weighted by molar-refractivity contribution is -0.146. The third-order valence-corrected chi connectivity index (χ3v) is 7.96. The number of hydrogen-bond acceptors (Lipinski definition) is 3. The van der Waals surface area contributed by atoms with Crippen molar-refractivity contribution in [2.45, 2.75) is 69.9 Å². The Labute approximate surface area is 157 Å². The zero-order valence-corrected chi connectivity index (χ0v) is 15.9. The molecule has 5 nitrogen and oxygen atoms in total. The maximum Gasteiger partial charge on any atom is 0.225 e. The lowest BCUT2D eigenvalue weighted by Crippen LogP contribution is -2.62. The number of carbonyl (C=O) groups is 2. The van der Waals surface area contributed by atoms with Crippen molar-refractivity contribution in [3.8, 4) is 0 Å². The molecule has 2 bridgehead atoms. The number of amides is 2. The molecule has 1 saturated carbocycles. The summed E-state index contributed by atoms with van der Waals surface area (Å²) in [6.07, 6.45) is 10.2. The van der Waals surface area contributed by atoms with Gasteiger partial charge in [0.2, 0.25) is 11.8 Å². The highest BCUT2D eigenvalue weighted by atomic mass is 16.2. The van der Waals surface area contributed by atoms with Gasteiger partial charge >= 0.3 is 0 Å². The summed E-state index contributed by atoms with van der Waals surface area (Å²) in [7, 11) is 0. The highest BCUT2D eigenvalue weighted by Gasteiger charge is 2.45. The molecule has 0 spiro atoms. The first-order valence-electron chi connectivity index (χ1n) is 11.0. The first kappa shape index (κ1) is 17.0. The molecule has 26 heavy (non-hydrogen) atoms. The van der Waals surface area contributed by atoms with E-state index in [2.05, 4.69) is 14.7 Å². The number of carbonyl (C=O) groups excluding carboxylic acids is 2. The van der Waals surface area contributed by atoms with Crippen LogP contribution in [0, 0.1) is 17.8 Å². The van der Waals surface area contributed by atoms with Crippen LogP contribution in [-0.2, 0) is 9.59 Å². The summed E-state index contributed by atoms with van der Waals surface area (Å²) in [5.41, 5.74) is 0. The molecule has 1 aliphatic carbocycles. The summed E-state index contributed by atoms with van der Waals surface area (Å²) in [6.45, 7) is 5.25. The minimum absolute atomic E-state index is 0.343. The van der Waals surface area contributed by atoms with E-state index in [0.717, 1.165) is 64.7 Å². The second-order valence-corrected chi connectivity index (χ2v) is 9.51. The van der Waals surface area contributed by atoms with Crippen LogP contribution in [0.1, 0.15) is 57.8 Å². The van der Waals surface area contributed by atoms with E-state index in [9.17, 15) is 9.59 Å². The van der Waals surface area contributed by atoms with Crippen molar-refractivity contribution in [3.63, 3.8) is 0 Å². The number of likely N-dealkylation sites (tertiary alicyclic amines) is 2. The molecule has 2 unspecified atom stereocenters. The van der Waals surface area contributed by atoms with E-state index in [1.165, 1.54) is 25.8 Å². The minimum Gasteiger partial charge on any atom is -0.342 e. The maximum atomic E-state index is 12.5. The van der Waals surface area contributed by atoms with Crippen molar-refractivity contribution < 1.29 is 9.59 Å². The monoisotopic (exact) mass is 359 g/mol. The van der Waals surface area contributed by atoms with Crippen LogP contribution in [0.2, 0.25) is 0 Å². The predicted octanol–water partition coefficient (Wildman–Crippen LogP) is 2.11. The normalized spacial score (nSPS) is 36.6. The van der Waals surface area contributed by atoms with Gasteiger partial charge in [0.05, 0.1) is 0 Å². The van der Waals surface area contributed by atoms with Crippen LogP contribution in [0.5, 0.6) is 0 Å². The van der Waals surface area contributed by atoms with Gasteiger partial charge in [0.25, 0.3) is 0 Å². The van der Waals surface area contributed by atoms with Crippen LogP contribution in [0.15, 0.2) is 0 Å². The van der Waals surface area contributed by atoms with Gasteiger partial charge in [-0.3, -0.25) is 14.5 Å². The van der Waals surface area contributed by atoms with Gasteiger partial charge in [-0.15, -0.1) is 0 Å². The van der Waals surface area contributed by atoms with Gasteiger partial charge < -0.3 is 9.80 Å². The Morgan fingerprint density at radius 2 is 1.73 bits per heavy atom. The summed E-state index contributed by atoms with van der Waals surface area (Å²) in [5, 5.41) is 0. The largest absolute Gasteiger partial charge is 0.342 e.